The molecule has 4 aromatic rings. The molecule has 3 unspecified atom stereocenters. The number of nitrogens with two attached hydrogens (primary N) is 2. The highest BCUT2D eigenvalue weighted by Gasteiger charge is 2.37. The number of nitrogens with one attached hydrogen (secondary N) is 2. The van der Waals surface area contributed by atoms with Crippen molar-refractivity contribution in [1.29, 1.82) is 5.41 Å². The van der Waals surface area contributed by atoms with Crippen molar-refractivity contribution in [3.63, 3.8) is 0 Å². The molecular weight excluding hydrogens is 476 g/mol. The molecule has 7 heteroatoms. The van der Waals surface area contributed by atoms with Gasteiger partial charge in [-0.15, -0.1) is 0 Å². The summed E-state index contributed by atoms with van der Waals surface area (Å²) in [7, 11) is 0. The molecule has 3 atom stereocenters. The molecule has 5 rings (SSSR count). The predicted molar refractivity (Wildman–Crippen MR) is 149 cm³/mol. The number of carboxylic acids is 1. The van der Waals surface area contributed by atoms with Gasteiger partial charge in [-0.3, -0.25) is 10.2 Å². The largest absolute Gasteiger partial charge is 0.478 e. The normalized spacial score (nSPS) is 18.2. The Hall–Kier alpha value is -4.91. The molecule has 0 radical (unpaired) electrons. The smallest absolute Gasteiger partial charge is 0.336 e. The third-order valence-corrected chi connectivity index (χ3v) is 7.34. The fraction of sp³-hybridized carbons (Fsp3) is 0.129. The van der Waals surface area contributed by atoms with E-state index in [2.05, 4.69) is 24.4 Å². The van der Waals surface area contributed by atoms with Crippen molar-refractivity contribution in [3.8, 4) is 11.1 Å². The Labute approximate surface area is 220 Å². The van der Waals surface area contributed by atoms with Gasteiger partial charge >= 0.3 is 5.97 Å². The van der Waals surface area contributed by atoms with E-state index in [1.165, 1.54) is 6.07 Å². The Morgan fingerprint density at radius 3 is 2.18 bits per heavy atom. The summed E-state index contributed by atoms with van der Waals surface area (Å²) in [5, 5.41) is 21.6. The molecule has 0 saturated heterocycles. The Kier molecular flexibility index (Phi) is 6.43. The van der Waals surface area contributed by atoms with Crippen LogP contribution in [0.15, 0.2) is 91.0 Å². The third-order valence-electron chi connectivity index (χ3n) is 7.34. The molecule has 0 fully saturated rings. The van der Waals surface area contributed by atoms with Crippen molar-refractivity contribution in [1.82, 2.24) is 0 Å². The van der Waals surface area contributed by atoms with Crippen molar-refractivity contribution >= 4 is 23.4 Å². The second kappa shape index (κ2) is 9.86. The van der Waals surface area contributed by atoms with Crippen LogP contribution >= 0.6 is 0 Å². The average Bonchev–Trinajstić information content (AvgIpc) is 2.92. The molecule has 0 bridgehead atoms. The van der Waals surface area contributed by atoms with Gasteiger partial charge in [-0.1, -0.05) is 67.6 Å². The molecule has 7 N–H and O–H groups in total. The maximum atomic E-state index is 12.2. The maximum Gasteiger partial charge on any atom is 0.336 e. The molecule has 0 saturated carbocycles. The van der Waals surface area contributed by atoms with Crippen LogP contribution in [0.2, 0.25) is 0 Å². The van der Waals surface area contributed by atoms with Gasteiger partial charge in [0.15, 0.2) is 0 Å². The van der Waals surface area contributed by atoms with E-state index in [1.54, 1.807) is 12.1 Å². The molecule has 1 aliphatic heterocycles. The molecule has 7 nitrogen and oxygen atoms in total. The summed E-state index contributed by atoms with van der Waals surface area (Å²) in [6, 6.07) is 28.1. The van der Waals surface area contributed by atoms with Crippen molar-refractivity contribution in [2.45, 2.75) is 18.9 Å². The summed E-state index contributed by atoms with van der Waals surface area (Å²) < 4.78 is 0. The first-order valence-corrected chi connectivity index (χ1v) is 12.3. The van der Waals surface area contributed by atoms with Gasteiger partial charge in [0, 0.05) is 22.7 Å². The quantitative estimate of drug-likeness (QED) is 0.177. The van der Waals surface area contributed by atoms with Crippen LogP contribution in [-0.4, -0.2) is 22.8 Å². The molecule has 0 spiro atoms. The maximum absolute atomic E-state index is 12.2. The lowest BCUT2D eigenvalue weighted by atomic mass is 9.71. The minimum absolute atomic E-state index is 0.000915. The van der Waals surface area contributed by atoms with E-state index in [9.17, 15) is 14.7 Å². The van der Waals surface area contributed by atoms with Crippen molar-refractivity contribution in [3.05, 3.63) is 124 Å². The number of anilines is 1. The summed E-state index contributed by atoms with van der Waals surface area (Å²) >= 11 is 0. The zero-order chi connectivity index (χ0) is 27.0. The van der Waals surface area contributed by atoms with Crippen LogP contribution < -0.4 is 16.8 Å². The van der Waals surface area contributed by atoms with E-state index in [1.807, 2.05) is 60.7 Å². The van der Waals surface area contributed by atoms with Gasteiger partial charge in [-0.05, 0) is 64.1 Å². The zero-order valence-corrected chi connectivity index (χ0v) is 20.8. The second-order valence-electron chi connectivity index (χ2n) is 9.60. The standard InChI is InChI=1S/C31H28N4O3/c1-17-27(18-7-3-2-4-8-18)25-15-19(29(32)33)12-14-26(25)35-28(17)23-10-6-5-9-21(23)22-13-11-20(30(34)36)16-24(22)31(37)38/h2-17,27-28,35H,1H3,(H3,32,33)(H2,34,36)(H,37,38). The Morgan fingerprint density at radius 2 is 1.50 bits per heavy atom. The zero-order valence-electron chi connectivity index (χ0n) is 20.8. The SMILES string of the molecule is CC1C(c2ccccc2-c2ccc(C(N)=O)cc2C(=O)O)Nc2ccc(C(=N)N)cc2C1c1ccccc1. The van der Waals surface area contributed by atoms with E-state index in [0.717, 1.165) is 27.9 Å². The Bertz CT molecular complexity index is 1560. The number of amides is 1. The summed E-state index contributed by atoms with van der Waals surface area (Å²) in [6.07, 6.45) is 0. The van der Waals surface area contributed by atoms with Gasteiger partial charge < -0.3 is 21.9 Å². The Morgan fingerprint density at radius 1 is 0.816 bits per heavy atom. The Balaban J connectivity index is 1.68. The van der Waals surface area contributed by atoms with Crippen LogP contribution in [0.1, 0.15) is 61.9 Å². The summed E-state index contributed by atoms with van der Waals surface area (Å²) in [4.78, 5) is 23.9. The number of carbonyl (C=O) groups is 2. The first-order chi connectivity index (χ1) is 18.3. The van der Waals surface area contributed by atoms with Crippen LogP contribution in [0, 0.1) is 11.3 Å². The molecule has 190 valence electrons. The number of amidine groups is 1. The number of carboxylic acid groups (broad SMARTS) is 1. The van der Waals surface area contributed by atoms with Crippen LogP contribution in [0.25, 0.3) is 11.1 Å². The second-order valence-corrected chi connectivity index (χ2v) is 9.60. The van der Waals surface area contributed by atoms with E-state index < -0.39 is 11.9 Å². The number of fused-ring (bicyclic) bond motifs is 1. The summed E-state index contributed by atoms with van der Waals surface area (Å²) in [6.45, 7) is 2.17. The van der Waals surface area contributed by atoms with Crippen LogP contribution in [0.5, 0.6) is 0 Å². The fourth-order valence-corrected chi connectivity index (χ4v) is 5.52. The number of hydrogen-bond acceptors (Lipinski definition) is 4. The van der Waals surface area contributed by atoms with Gasteiger partial charge in [0.1, 0.15) is 5.84 Å². The minimum Gasteiger partial charge on any atom is -0.478 e. The van der Waals surface area contributed by atoms with E-state index in [0.29, 0.717) is 11.1 Å². The van der Waals surface area contributed by atoms with E-state index in [4.69, 9.17) is 16.9 Å². The van der Waals surface area contributed by atoms with E-state index in [-0.39, 0.29) is 34.8 Å². The van der Waals surface area contributed by atoms with Gasteiger partial charge in [-0.2, -0.15) is 0 Å². The topological polar surface area (TPSA) is 142 Å². The number of aromatic carboxylic acids is 1. The van der Waals surface area contributed by atoms with E-state index >= 15 is 0 Å². The van der Waals surface area contributed by atoms with Gasteiger partial charge in [0.2, 0.25) is 5.91 Å². The highest BCUT2D eigenvalue weighted by molar-refractivity contribution is 6.01. The lowest BCUT2D eigenvalue weighted by Gasteiger charge is -2.40. The number of benzene rings is 4. The molecule has 4 aromatic carbocycles. The summed E-state index contributed by atoms with van der Waals surface area (Å²) in [5.74, 6) is -1.75. The highest BCUT2D eigenvalue weighted by Crippen LogP contribution is 2.49. The summed E-state index contributed by atoms with van der Waals surface area (Å²) in [5.41, 5.74) is 17.4. The lowest BCUT2D eigenvalue weighted by molar-refractivity contribution is 0.0697. The molecule has 0 aromatic heterocycles. The monoisotopic (exact) mass is 504 g/mol. The first-order valence-electron chi connectivity index (χ1n) is 12.3. The predicted octanol–water partition coefficient (Wildman–Crippen LogP) is 5.37. The van der Waals surface area contributed by atoms with Crippen LogP contribution in [0.4, 0.5) is 5.69 Å². The molecule has 1 amide bonds. The van der Waals surface area contributed by atoms with Crippen LogP contribution in [-0.2, 0) is 0 Å². The van der Waals surface area contributed by atoms with Gasteiger partial charge in [-0.25, -0.2) is 4.79 Å². The molecular formula is C31H28N4O3. The van der Waals surface area contributed by atoms with Crippen molar-refractivity contribution < 1.29 is 14.7 Å². The molecule has 0 aliphatic carbocycles. The minimum atomic E-state index is -1.13. The van der Waals surface area contributed by atoms with Crippen LogP contribution in [0.3, 0.4) is 0 Å². The number of primary amides is 1. The number of rotatable bonds is 6. The average molecular weight is 505 g/mol. The lowest BCUT2D eigenvalue weighted by Crippen LogP contribution is -2.31. The highest BCUT2D eigenvalue weighted by atomic mass is 16.4. The van der Waals surface area contributed by atoms with Crippen molar-refractivity contribution in [2.75, 3.05) is 5.32 Å². The van der Waals surface area contributed by atoms with Gasteiger partial charge in [0.05, 0.1) is 11.6 Å². The first kappa shape index (κ1) is 24.8. The van der Waals surface area contributed by atoms with Crippen molar-refractivity contribution in [2.24, 2.45) is 17.4 Å². The fourth-order valence-electron chi connectivity index (χ4n) is 5.52. The molecule has 1 aliphatic rings. The molecule has 38 heavy (non-hydrogen) atoms. The number of carbonyl (C=O) groups excluding carboxylic acids is 1. The number of hydrogen-bond donors (Lipinski definition) is 5. The molecule has 1 heterocycles. The van der Waals surface area contributed by atoms with Gasteiger partial charge in [0.25, 0.3) is 0 Å². The number of nitrogen functional groups attached to an aromatic ring is 1. The third kappa shape index (κ3) is 4.39.